The van der Waals surface area contributed by atoms with Crippen molar-refractivity contribution in [3.8, 4) is 0 Å². The maximum Gasteiger partial charge on any atom is 0.212 e. The molecule has 2 nitrogen and oxygen atoms in total. The van der Waals surface area contributed by atoms with E-state index in [1.165, 1.54) is 17.3 Å². The van der Waals surface area contributed by atoms with Crippen LogP contribution in [0.15, 0.2) is 35.9 Å². The number of carbonyl (C=O) groups is 1. The molecule has 1 atom stereocenters. The quantitative estimate of drug-likeness (QED) is 0.830. The third-order valence-electron chi connectivity index (χ3n) is 3.44. The topological polar surface area (TPSA) is 20.3 Å². The van der Waals surface area contributed by atoms with Gasteiger partial charge in [-0.15, -0.1) is 0 Å². The Morgan fingerprint density at radius 1 is 1.39 bits per heavy atom. The Morgan fingerprint density at radius 2 is 2.22 bits per heavy atom. The molecule has 0 amide bonds. The lowest BCUT2D eigenvalue weighted by Crippen LogP contribution is -2.35. The summed E-state index contributed by atoms with van der Waals surface area (Å²) in [7, 11) is 0. The fraction of sp³-hybridized carbons (Fsp3) is 0.357. The standard InChI is InChI=1S/C14H14ClNOS/c15-12-4-2-1-3-10(12)8-16-6-5-13-11(9-16)7-14(17)18-13/h1-4,7,13H,5-6,8-9H2/t13-/m1/s1. The zero-order valence-electron chi connectivity index (χ0n) is 9.93. The average molecular weight is 280 g/mol. The largest absolute Gasteiger partial charge is 0.295 e. The molecule has 0 N–H and O–H groups in total. The molecule has 1 fully saturated rings. The molecule has 0 bridgehead atoms. The van der Waals surface area contributed by atoms with Crippen LogP contribution in [0.25, 0.3) is 0 Å². The second kappa shape index (κ2) is 5.08. The third kappa shape index (κ3) is 2.48. The van der Waals surface area contributed by atoms with Crippen LogP contribution in [0, 0.1) is 0 Å². The number of piperidine rings is 1. The molecule has 1 aromatic carbocycles. The number of benzene rings is 1. The van der Waals surface area contributed by atoms with Crippen molar-refractivity contribution in [2.24, 2.45) is 0 Å². The second-order valence-electron chi connectivity index (χ2n) is 4.74. The number of thioether (sulfide) groups is 1. The Hall–Kier alpha value is -0.770. The zero-order chi connectivity index (χ0) is 12.5. The van der Waals surface area contributed by atoms with Gasteiger partial charge < -0.3 is 0 Å². The monoisotopic (exact) mass is 279 g/mol. The molecular weight excluding hydrogens is 266 g/mol. The number of hydrogen-bond donors (Lipinski definition) is 0. The molecule has 0 saturated carbocycles. The fourth-order valence-corrected chi connectivity index (χ4v) is 3.74. The number of halogens is 1. The van der Waals surface area contributed by atoms with Crippen molar-refractivity contribution in [1.29, 1.82) is 0 Å². The molecule has 2 heterocycles. The minimum Gasteiger partial charge on any atom is -0.295 e. The van der Waals surface area contributed by atoms with Crippen molar-refractivity contribution in [3.63, 3.8) is 0 Å². The zero-order valence-corrected chi connectivity index (χ0v) is 11.5. The lowest BCUT2D eigenvalue weighted by Gasteiger charge is -2.31. The van der Waals surface area contributed by atoms with Crippen LogP contribution in [0.2, 0.25) is 5.02 Å². The Balaban J connectivity index is 1.70. The third-order valence-corrected chi connectivity index (χ3v) is 4.98. The first-order chi connectivity index (χ1) is 8.72. The first-order valence-corrected chi connectivity index (χ1v) is 7.35. The summed E-state index contributed by atoms with van der Waals surface area (Å²) in [5.74, 6) is 0. The van der Waals surface area contributed by atoms with Crippen LogP contribution in [0.4, 0.5) is 0 Å². The van der Waals surface area contributed by atoms with Crippen LogP contribution >= 0.6 is 23.4 Å². The van der Waals surface area contributed by atoms with Gasteiger partial charge in [0.25, 0.3) is 0 Å². The van der Waals surface area contributed by atoms with Crippen LogP contribution in [-0.4, -0.2) is 28.4 Å². The van der Waals surface area contributed by atoms with Gasteiger partial charge in [0.15, 0.2) is 0 Å². The van der Waals surface area contributed by atoms with E-state index in [0.717, 1.165) is 36.6 Å². The maximum absolute atomic E-state index is 11.4. The molecule has 0 spiro atoms. The molecular formula is C14H14ClNOS. The van der Waals surface area contributed by atoms with E-state index in [-0.39, 0.29) is 5.12 Å². The van der Waals surface area contributed by atoms with E-state index in [2.05, 4.69) is 11.0 Å². The van der Waals surface area contributed by atoms with E-state index >= 15 is 0 Å². The van der Waals surface area contributed by atoms with E-state index in [0.29, 0.717) is 5.25 Å². The number of carbonyl (C=O) groups excluding carboxylic acids is 1. The minimum absolute atomic E-state index is 0.217. The summed E-state index contributed by atoms with van der Waals surface area (Å²) in [5, 5.41) is 1.47. The SMILES string of the molecule is O=C1C=C2CN(Cc3ccccc3Cl)CC[C@H]2S1. The Labute approximate surface area is 116 Å². The average Bonchev–Trinajstić information content (AvgIpc) is 2.71. The molecule has 3 rings (SSSR count). The molecule has 94 valence electrons. The second-order valence-corrected chi connectivity index (χ2v) is 6.35. The summed E-state index contributed by atoms with van der Waals surface area (Å²) in [4.78, 5) is 13.7. The van der Waals surface area contributed by atoms with Gasteiger partial charge >= 0.3 is 0 Å². The Morgan fingerprint density at radius 3 is 3.06 bits per heavy atom. The number of rotatable bonds is 2. The predicted molar refractivity (Wildman–Crippen MR) is 75.8 cm³/mol. The van der Waals surface area contributed by atoms with Crippen molar-refractivity contribution in [2.75, 3.05) is 13.1 Å². The van der Waals surface area contributed by atoms with Gasteiger partial charge in [-0.25, -0.2) is 0 Å². The van der Waals surface area contributed by atoms with Crippen LogP contribution in [0.5, 0.6) is 0 Å². The highest BCUT2D eigenvalue weighted by molar-refractivity contribution is 8.15. The lowest BCUT2D eigenvalue weighted by molar-refractivity contribution is -0.106. The van der Waals surface area contributed by atoms with E-state index in [4.69, 9.17) is 11.6 Å². The van der Waals surface area contributed by atoms with E-state index in [9.17, 15) is 4.79 Å². The van der Waals surface area contributed by atoms with Gasteiger partial charge in [-0.3, -0.25) is 9.69 Å². The summed E-state index contributed by atoms with van der Waals surface area (Å²) in [6.45, 7) is 2.80. The van der Waals surface area contributed by atoms with Crippen molar-refractivity contribution in [1.82, 2.24) is 4.90 Å². The van der Waals surface area contributed by atoms with Gasteiger partial charge in [-0.05, 0) is 29.7 Å². The highest BCUT2D eigenvalue weighted by Crippen LogP contribution is 2.35. The van der Waals surface area contributed by atoms with Crippen molar-refractivity contribution in [2.45, 2.75) is 18.2 Å². The number of hydrogen-bond acceptors (Lipinski definition) is 3. The number of nitrogens with zero attached hydrogens (tertiary/aromatic N) is 1. The summed E-state index contributed by atoms with van der Waals surface area (Å²) in [6.07, 6.45) is 2.88. The molecule has 4 heteroatoms. The van der Waals surface area contributed by atoms with E-state index in [1.807, 2.05) is 24.3 Å². The van der Waals surface area contributed by atoms with Crippen molar-refractivity contribution >= 4 is 28.5 Å². The molecule has 0 aromatic heterocycles. The highest BCUT2D eigenvalue weighted by Gasteiger charge is 2.30. The van der Waals surface area contributed by atoms with Gasteiger partial charge in [-0.2, -0.15) is 0 Å². The van der Waals surface area contributed by atoms with Crippen LogP contribution < -0.4 is 0 Å². The van der Waals surface area contributed by atoms with Gasteiger partial charge in [0.05, 0.1) is 0 Å². The van der Waals surface area contributed by atoms with E-state index < -0.39 is 0 Å². The van der Waals surface area contributed by atoms with Crippen LogP contribution in [-0.2, 0) is 11.3 Å². The predicted octanol–water partition coefficient (Wildman–Crippen LogP) is 3.11. The summed E-state index contributed by atoms with van der Waals surface area (Å²) in [5.41, 5.74) is 2.44. The molecule has 2 aliphatic rings. The molecule has 1 saturated heterocycles. The molecule has 0 aliphatic carbocycles. The van der Waals surface area contributed by atoms with Gasteiger partial charge in [-0.1, -0.05) is 41.6 Å². The minimum atomic E-state index is 0.217. The first kappa shape index (κ1) is 12.3. The van der Waals surface area contributed by atoms with Crippen molar-refractivity contribution < 1.29 is 4.79 Å². The Bertz CT molecular complexity index is 514. The van der Waals surface area contributed by atoms with Gasteiger partial charge in [0, 0.05) is 29.9 Å². The molecule has 2 aliphatic heterocycles. The molecule has 18 heavy (non-hydrogen) atoms. The normalized spacial score (nSPS) is 23.9. The van der Waals surface area contributed by atoms with Gasteiger partial charge in [0.2, 0.25) is 5.12 Å². The lowest BCUT2D eigenvalue weighted by atomic mass is 10.0. The summed E-state index contributed by atoms with van der Waals surface area (Å²) < 4.78 is 0. The maximum atomic E-state index is 11.4. The van der Waals surface area contributed by atoms with Crippen LogP contribution in [0.1, 0.15) is 12.0 Å². The highest BCUT2D eigenvalue weighted by atomic mass is 35.5. The molecule has 0 unspecified atom stereocenters. The van der Waals surface area contributed by atoms with Crippen molar-refractivity contribution in [3.05, 3.63) is 46.5 Å². The number of likely N-dealkylation sites (tertiary alicyclic amines) is 1. The Kier molecular flexibility index (Phi) is 3.46. The smallest absolute Gasteiger partial charge is 0.212 e. The number of fused-ring (bicyclic) bond motifs is 1. The fourth-order valence-electron chi connectivity index (χ4n) is 2.53. The summed E-state index contributed by atoms with van der Waals surface area (Å²) >= 11 is 7.66. The van der Waals surface area contributed by atoms with Gasteiger partial charge in [0.1, 0.15) is 0 Å². The first-order valence-electron chi connectivity index (χ1n) is 6.09. The molecule has 0 radical (unpaired) electrons. The summed E-state index contributed by atoms with van der Waals surface area (Å²) in [6, 6.07) is 7.96. The van der Waals surface area contributed by atoms with Crippen LogP contribution in [0.3, 0.4) is 0 Å². The van der Waals surface area contributed by atoms with E-state index in [1.54, 1.807) is 0 Å². The molecule has 1 aromatic rings.